The molecule has 1 aliphatic rings. The maximum Gasteiger partial charge on any atom is 0.410 e. The van der Waals surface area contributed by atoms with Gasteiger partial charge in [0.15, 0.2) is 0 Å². The van der Waals surface area contributed by atoms with Crippen LogP contribution in [0.5, 0.6) is 0 Å². The van der Waals surface area contributed by atoms with E-state index >= 15 is 0 Å². The highest BCUT2D eigenvalue weighted by Crippen LogP contribution is 2.51. The average molecular weight is 479 g/mol. The Hall–Kier alpha value is -2.88. The monoisotopic (exact) mass is 478 g/mol. The molecule has 1 aliphatic heterocycles. The lowest BCUT2D eigenvalue weighted by molar-refractivity contribution is -0.131. The molecule has 0 bridgehead atoms. The Morgan fingerprint density at radius 3 is 2.17 bits per heavy atom. The molecule has 0 spiro atoms. The normalized spacial score (nSPS) is 17.2. The number of amides is 1. The van der Waals surface area contributed by atoms with Gasteiger partial charge in [-0.15, -0.1) is 0 Å². The molecular formula is C29H38N2O4. The van der Waals surface area contributed by atoms with Crippen LogP contribution in [0.4, 0.5) is 4.79 Å². The fraction of sp³-hybridized carbons (Fsp3) is 0.517. The summed E-state index contributed by atoms with van der Waals surface area (Å²) in [7, 11) is 0. The Kier molecular flexibility index (Phi) is 7.09. The number of nitrogens with zero attached hydrogens (tertiary/aromatic N) is 2. The van der Waals surface area contributed by atoms with E-state index in [9.17, 15) is 15.0 Å². The van der Waals surface area contributed by atoms with E-state index in [0.717, 1.165) is 5.56 Å². The number of hydrogen-bond acceptors (Lipinski definition) is 5. The third-order valence-electron chi connectivity index (χ3n) is 6.27. The van der Waals surface area contributed by atoms with E-state index in [0.29, 0.717) is 30.3 Å². The summed E-state index contributed by atoms with van der Waals surface area (Å²) in [5.41, 5.74) is -0.831. The first-order valence-electron chi connectivity index (χ1n) is 12.1. The SMILES string of the molecule is CC(C)c1ccc(C(O)(c2ccnc(C#CC(C)(C)O)c2)C2(C)CN(C(=O)OC(C)(C)C)C2)cc1. The molecule has 1 amide bonds. The first-order valence-corrected chi connectivity index (χ1v) is 12.1. The van der Waals surface area contributed by atoms with Gasteiger partial charge in [0.2, 0.25) is 0 Å². The van der Waals surface area contributed by atoms with Gasteiger partial charge in [0.1, 0.15) is 22.5 Å². The van der Waals surface area contributed by atoms with Crippen molar-refractivity contribution in [1.82, 2.24) is 9.88 Å². The fourth-order valence-corrected chi connectivity index (χ4v) is 4.39. The van der Waals surface area contributed by atoms with Gasteiger partial charge in [0.25, 0.3) is 0 Å². The summed E-state index contributed by atoms with van der Waals surface area (Å²) in [6.07, 6.45) is 1.23. The van der Waals surface area contributed by atoms with E-state index in [2.05, 4.69) is 30.7 Å². The molecule has 1 unspecified atom stereocenters. The standard InChI is InChI=1S/C29H38N2O4/c1-20(2)21-9-11-22(12-10-21)29(34,23-14-16-30-24(17-23)13-15-27(6,7)33)28(8)18-31(19-28)25(32)35-26(3,4)5/h9-12,14,16-17,20,33-34H,18-19H2,1-8H3. The summed E-state index contributed by atoms with van der Waals surface area (Å²) in [4.78, 5) is 18.6. The van der Waals surface area contributed by atoms with Crippen LogP contribution in [0.1, 0.15) is 83.7 Å². The minimum absolute atomic E-state index is 0.331. The van der Waals surface area contributed by atoms with Crippen molar-refractivity contribution in [1.29, 1.82) is 0 Å². The van der Waals surface area contributed by atoms with Crippen LogP contribution in [0.2, 0.25) is 0 Å². The number of hydrogen-bond donors (Lipinski definition) is 2. The maximum atomic E-state index is 12.7. The molecule has 2 aromatic rings. The number of likely N-dealkylation sites (tertiary alicyclic amines) is 1. The van der Waals surface area contributed by atoms with Gasteiger partial charge in [-0.1, -0.05) is 51.0 Å². The Bertz CT molecular complexity index is 1120. The molecular weight excluding hydrogens is 440 g/mol. The largest absolute Gasteiger partial charge is 0.444 e. The first kappa shape index (κ1) is 26.7. The van der Waals surface area contributed by atoms with Crippen LogP contribution in [0.25, 0.3) is 0 Å². The van der Waals surface area contributed by atoms with Gasteiger partial charge in [0, 0.05) is 24.7 Å². The predicted molar refractivity (Wildman–Crippen MR) is 137 cm³/mol. The van der Waals surface area contributed by atoms with E-state index in [1.54, 1.807) is 37.1 Å². The third-order valence-corrected chi connectivity index (χ3v) is 6.27. The van der Waals surface area contributed by atoms with Crippen LogP contribution in [0.15, 0.2) is 42.6 Å². The number of carbonyl (C=O) groups excluding carboxylic acids is 1. The number of aliphatic hydroxyl groups is 2. The van der Waals surface area contributed by atoms with Crippen molar-refractivity contribution >= 4 is 6.09 Å². The second-order valence-corrected chi connectivity index (χ2v) is 11.6. The lowest BCUT2D eigenvalue weighted by atomic mass is 9.62. The molecule has 2 N–H and O–H groups in total. The van der Waals surface area contributed by atoms with E-state index in [-0.39, 0.29) is 6.09 Å². The highest BCUT2D eigenvalue weighted by Gasteiger charge is 2.58. The topological polar surface area (TPSA) is 82.9 Å². The molecule has 35 heavy (non-hydrogen) atoms. The van der Waals surface area contributed by atoms with Crippen LogP contribution in [-0.2, 0) is 10.3 Å². The molecule has 2 heterocycles. The van der Waals surface area contributed by atoms with E-state index < -0.39 is 22.2 Å². The second kappa shape index (κ2) is 9.29. The highest BCUT2D eigenvalue weighted by atomic mass is 16.6. The van der Waals surface area contributed by atoms with E-state index in [4.69, 9.17) is 4.74 Å². The molecule has 1 aromatic carbocycles. The Morgan fingerprint density at radius 1 is 1.06 bits per heavy atom. The number of pyridine rings is 1. The van der Waals surface area contributed by atoms with Gasteiger partial charge >= 0.3 is 6.09 Å². The van der Waals surface area contributed by atoms with Crippen LogP contribution in [0.3, 0.4) is 0 Å². The molecule has 0 saturated carbocycles. The smallest absolute Gasteiger partial charge is 0.410 e. The summed E-state index contributed by atoms with van der Waals surface area (Å²) >= 11 is 0. The van der Waals surface area contributed by atoms with Gasteiger partial charge in [0.05, 0.1) is 0 Å². The predicted octanol–water partition coefficient (Wildman–Crippen LogP) is 4.82. The van der Waals surface area contributed by atoms with Crippen LogP contribution >= 0.6 is 0 Å². The van der Waals surface area contributed by atoms with Gasteiger partial charge < -0.3 is 19.8 Å². The van der Waals surface area contributed by atoms with Crippen molar-refractivity contribution in [3.8, 4) is 11.8 Å². The quantitative estimate of drug-likeness (QED) is 0.616. The van der Waals surface area contributed by atoms with Crippen molar-refractivity contribution in [2.75, 3.05) is 13.1 Å². The molecule has 0 aliphatic carbocycles. The van der Waals surface area contributed by atoms with Gasteiger partial charge in [-0.2, -0.15) is 0 Å². The molecule has 6 nitrogen and oxygen atoms in total. The van der Waals surface area contributed by atoms with E-state index in [1.165, 1.54) is 5.56 Å². The lowest BCUT2D eigenvalue weighted by Crippen LogP contribution is -2.66. The van der Waals surface area contributed by atoms with Crippen molar-refractivity contribution in [3.63, 3.8) is 0 Å². The number of aromatic nitrogens is 1. The van der Waals surface area contributed by atoms with Crippen molar-refractivity contribution in [2.24, 2.45) is 5.41 Å². The van der Waals surface area contributed by atoms with Crippen molar-refractivity contribution in [2.45, 2.75) is 78.1 Å². The van der Waals surface area contributed by atoms with Crippen LogP contribution < -0.4 is 0 Å². The summed E-state index contributed by atoms with van der Waals surface area (Å²) < 4.78 is 5.54. The Balaban J connectivity index is 2.04. The minimum Gasteiger partial charge on any atom is -0.444 e. The second-order valence-electron chi connectivity index (χ2n) is 11.6. The summed E-state index contributed by atoms with van der Waals surface area (Å²) in [6, 6.07) is 11.5. The number of rotatable bonds is 4. The maximum absolute atomic E-state index is 12.7. The summed E-state index contributed by atoms with van der Waals surface area (Å²) in [5, 5.41) is 22.4. The minimum atomic E-state index is -1.41. The highest BCUT2D eigenvalue weighted by molar-refractivity contribution is 5.70. The third kappa shape index (κ3) is 5.86. The van der Waals surface area contributed by atoms with Gasteiger partial charge in [-0.25, -0.2) is 9.78 Å². The zero-order valence-electron chi connectivity index (χ0n) is 22.1. The fourth-order valence-electron chi connectivity index (χ4n) is 4.39. The first-order chi connectivity index (χ1) is 16.0. The summed E-state index contributed by atoms with van der Waals surface area (Å²) in [5.74, 6) is 6.05. The van der Waals surface area contributed by atoms with Gasteiger partial charge in [-0.3, -0.25) is 0 Å². The molecule has 1 atom stereocenters. The van der Waals surface area contributed by atoms with Crippen LogP contribution in [-0.4, -0.2) is 50.5 Å². The zero-order chi connectivity index (χ0) is 26.2. The summed E-state index contributed by atoms with van der Waals surface area (Å²) in [6.45, 7) is 15.6. The zero-order valence-corrected chi connectivity index (χ0v) is 22.1. The molecule has 6 heteroatoms. The molecule has 1 aromatic heterocycles. The average Bonchev–Trinajstić information content (AvgIpc) is 2.73. The number of carbonyl (C=O) groups is 1. The Labute approximate surface area is 209 Å². The van der Waals surface area contributed by atoms with Crippen molar-refractivity contribution in [3.05, 3.63) is 65.0 Å². The lowest BCUT2D eigenvalue weighted by Gasteiger charge is -2.56. The molecule has 1 saturated heterocycles. The Morgan fingerprint density at radius 2 is 1.66 bits per heavy atom. The number of ether oxygens (including phenoxy) is 1. The molecule has 188 valence electrons. The van der Waals surface area contributed by atoms with E-state index in [1.807, 2.05) is 52.0 Å². The van der Waals surface area contributed by atoms with Crippen molar-refractivity contribution < 1.29 is 19.7 Å². The molecule has 3 rings (SSSR count). The molecule has 1 fully saturated rings. The van der Waals surface area contributed by atoms with Crippen LogP contribution in [0, 0.1) is 17.3 Å². The van der Waals surface area contributed by atoms with Gasteiger partial charge in [-0.05, 0) is 75.3 Å². The molecule has 0 radical (unpaired) electrons. The number of benzene rings is 1.